The number of amides is 2. The minimum atomic E-state index is -1.02. The van der Waals surface area contributed by atoms with Gasteiger partial charge in [0.1, 0.15) is 22.2 Å². The zero-order valence-electron chi connectivity index (χ0n) is 14.8. The highest BCUT2D eigenvalue weighted by atomic mass is 35.5. The van der Waals surface area contributed by atoms with E-state index >= 15 is 0 Å². The summed E-state index contributed by atoms with van der Waals surface area (Å²) in [6.07, 6.45) is 1.19. The maximum absolute atomic E-state index is 13.9. The fourth-order valence-electron chi connectivity index (χ4n) is 2.97. The van der Waals surface area contributed by atoms with Crippen molar-refractivity contribution in [3.63, 3.8) is 0 Å². The van der Waals surface area contributed by atoms with E-state index in [1.54, 1.807) is 6.92 Å². The molecule has 2 N–H and O–H groups in total. The van der Waals surface area contributed by atoms with Crippen molar-refractivity contribution in [1.82, 2.24) is 14.8 Å². The van der Waals surface area contributed by atoms with Crippen LogP contribution < -0.4 is 10.7 Å². The Labute approximate surface area is 163 Å². The van der Waals surface area contributed by atoms with Crippen molar-refractivity contribution in [2.45, 2.75) is 20.0 Å². The molecule has 2 aromatic rings. The minimum Gasteiger partial charge on any atom is -0.503 e. The van der Waals surface area contributed by atoms with Gasteiger partial charge < -0.3 is 19.9 Å². The zero-order chi connectivity index (χ0) is 20.6. The Morgan fingerprint density at radius 1 is 1.29 bits per heavy atom. The average molecular weight is 412 g/mol. The number of fused-ring (bicyclic) bond motifs is 1. The van der Waals surface area contributed by atoms with Gasteiger partial charge in [0.25, 0.3) is 11.8 Å². The number of hydrogen-bond donors (Lipinski definition) is 2. The number of benzene rings is 1. The number of aromatic hydroxyl groups is 1. The molecule has 10 heteroatoms. The largest absolute Gasteiger partial charge is 0.503 e. The molecule has 0 saturated heterocycles. The number of likely N-dealkylation sites (N-methyl/N-ethyl adjacent to an activating group) is 1. The average Bonchev–Trinajstić information content (AvgIpc) is 2.68. The second kappa shape index (κ2) is 7.59. The van der Waals surface area contributed by atoms with Crippen LogP contribution >= 0.6 is 11.6 Å². The molecule has 1 aromatic carbocycles. The summed E-state index contributed by atoms with van der Waals surface area (Å²) < 4.78 is 28.5. The molecule has 3 rings (SSSR count). The first-order valence-corrected chi connectivity index (χ1v) is 8.80. The van der Waals surface area contributed by atoms with Gasteiger partial charge in [-0.15, -0.1) is 0 Å². The molecule has 148 valence electrons. The standard InChI is InChI=1S/C18H16ClF2N3O4/c1-2-23-5-6-24-8-10(15(25)16(26)14(24)18(23)28)17(27)22-7-9-3-4-11(20)12(19)13(9)21/h3-4,8,26H,2,5-7H2,1H3,(H,22,27). The molecule has 1 aliphatic heterocycles. The first-order valence-electron chi connectivity index (χ1n) is 8.42. The van der Waals surface area contributed by atoms with Crippen molar-refractivity contribution in [3.8, 4) is 5.75 Å². The van der Waals surface area contributed by atoms with Crippen molar-refractivity contribution in [2.75, 3.05) is 13.1 Å². The summed E-state index contributed by atoms with van der Waals surface area (Å²) in [5.74, 6) is -4.14. The van der Waals surface area contributed by atoms with Crippen LogP contribution in [0.4, 0.5) is 8.78 Å². The number of carbonyl (C=O) groups is 2. The van der Waals surface area contributed by atoms with Crippen LogP contribution in [0.2, 0.25) is 5.02 Å². The number of halogens is 3. The van der Waals surface area contributed by atoms with Crippen molar-refractivity contribution in [3.05, 3.63) is 62.0 Å². The van der Waals surface area contributed by atoms with Crippen LogP contribution in [-0.2, 0) is 13.1 Å². The highest BCUT2D eigenvalue weighted by molar-refractivity contribution is 6.30. The zero-order valence-corrected chi connectivity index (χ0v) is 15.5. The van der Waals surface area contributed by atoms with E-state index in [-0.39, 0.29) is 17.8 Å². The Hall–Kier alpha value is -2.94. The Bertz CT molecular complexity index is 1040. The van der Waals surface area contributed by atoms with Gasteiger partial charge in [0, 0.05) is 37.9 Å². The van der Waals surface area contributed by atoms with Crippen molar-refractivity contribution in [2.24, 2.45) is 0 Å². The molecule has 0 unspecified atom stereocenters. The predicted octanol–water partition coefficient (Wildman–Crippen LogP) is 1.89. The molecule has 1 aromatic heterocycles. The number of nitrogens with zero attached hydrogens (tertiary/aromatic N) is 2. The lowest BCUT2D eigenvalue weighted by molar-refractivity contribution is 0.0705. The third-order valence-electron chi connectivity index (χ3n) is 4.54. The second-order valence-corrected chi connectivity index (χ2v) is 6.54. The maximum atomic E-state index is 13.9. The highest BCUT2D eigenvalue weighted by Gasteiger charge is 2.30. The lowest BCUT2D eigenvalue weighted by atomic mass is 10.1. The highest BCUT2D eigenvalue weighted by Crippen LogP contribution is 2.22. The summed E-state index contributed by atoms with van der Waals surface area (Å²) in [7, 11) is 0. The van der Waals surface area contributed by atoms with Gasteiger partial charge >= 0.3 is 0 Å². The SMILES string of the molecule is CCN1CCn2cc(C(=O)NCc3ccc(F)c(Cl)c3F)c(=O)c(O)c2C1=O. The third-order valence-corrected chi connectivity index (χ3v) is 4.88. The van der Waals surface area contributed by atoms with Crippen LogP contribution in [0.15, 0.2) is 23.1 Å². The third kappa shape index (κ3) is 3.33. The summed E-state index contributed by atoms with van der Waals surface area (Å²) >= 11 is 5.49. The predicted molar refractivity (Wildman–Crippen MR) is 96.5 cm³/mol. The van der Waals surface area contributed by atoms with Crippen molar-refractivity contribution in [1.29, 1.82) is 0 Å². The second-order valence-electron chi connectivity index (χ2n) is 6.16. The van der Waals surface area contributed by atoms with E-state index in [9.17, 15) is 28.3 Å². The Morgan fingerprint density at radius 2 is 2.00 bits per heavy atom. The molecule has 0 saturated carbocycles. The molecule has 0 spiro atoms. The van der Waals surface area contributed by atoms with Crippen LogP contribution in [0.3, 0.4) is 0 Å². The molecule has 7 nitrogen and oxygen atoms in total. The molecule has 2 amide bonds. The molecule has 0 bridgehead atoms. The van der Waals surface area contributed by atoms with Gasteiger partial charge in [-0.25, -0.2) is 8.78 Å². The number of pyridine rings is 1. The van der Waals surface area contributed by atoms with Gasteiger partial charge in [0.05, 0.1) is 0 Å². The lowest BCUT2D eigenvalue weighted by Crippen LogP contribution is -2.42. The van der Waals surface area contributed by atoms with Crippen LogP contribution in [0.5, 0.6) is 5.75 Å². The molecule has 28 heavy (non-hydrogen) atoms. The van der Waals surface area contributed by atoms with Crippen LogP contribution in [0.1, 0.15) is 33.3 Å². The summed E-state index contributed by atoms with van der Waals surface area (Å²) in [6, 6.07) is 2.07. The fraction of sp³-hybridized carbons (Fsp3) is 0.278. The maximum Gasteiger partial charge on any atom is 0.274 e. The molecule has 0 atom stereocenters. The first kappa shape index (κ1) is 19.8. The van der Waals surface area contributed by atoms with Gasteiger partial charge in [-0.05, 0) is 13.0 Å². The topological polar surface area (TPSA) is 91.6 Å². The Balaban J connectivity index is 1.88. The number of nitrogens with one attached hydrogen (secondary N) is 1. The number of hydrogen-bond acceptors (Lipinski definition) is 4. The monoisotopic (exact) mass is 411 g/mol. The summed E-state index contributed by atoms with van der Waals surface area (Å²) in [5, 5.41) is 11.8. The Kier molecular flexibility index (Phi) is 5.37. The summed E-state index contributed by atoms with van der Waals surface area (Å²) in [6.45, 7) is 2.50. The Morgan fingerprint density at radius 3 is 2.68 bits per heavy atom. The van der Waals surface area contributed by atoms with E-state index in [2.05, 4.69) is 5.32 Å². The number of rotatable bonds is 4. The molecule has 2 heterocycles. The summed E-state index contributed by atoms with van der Waals surface area (Å²) in [4.78, 5) is 38.5. The van der Waals surface area contributed by atoms with Gasteiger partial charge in [-0.3, -0.25) is 14.4 Å². The van der Waals surface area contributed by atoms with E-state index in [0.29, 0.717) is 19.6 Å². The van der Waals surface area contributed by atoms with Gasteiger partial charge in [-0.1, -0.05) is 17.7 Å². The molecular weight excluding hydrogens is 396 g/mol. The smallest absolute Gasteiger partial charge is 0.274 e. The normalized spacial score (nSPS) is 13.4. The fourth-order valence-corrected chi connectivity index (χ4v) is 3.15. The van der Waals surface area contributed by atoms with Crippen LogP contribution in [0.25, 0.3) is 0 Å². The minimum absolute atomic E-state index is 0.0733. The molecule has 1 aliphatic rings. The van der Waals surface area contributed by atoms with E-state index in [0.717, 1.165) is 12.1 Å². The summed E-state index contributed by atoms with van der Waals surface area (Å²) in [5.41, 5.74) is -1.65. The van der Waals surface area contributed by atoms with Crippen LogP contribution in [-0.4, -0.2) is 39.5 Å². The molecule has 0 radical (unpaired) electrons. The molecular formula is C18H16ClF2N3O4. The van der Waals surface area contributed by atoms with E-state index in [4.69, 9.17) is 11.6 Å². The van der Waals surface area contributed by atoms with Gasteiger partial charge in [0.2, 0.25) is 5.43 Å². The van der Waals surface area contributed by atoms with Crippen molar-refractivity contribution < 1.29 is 23.5 Å². The molecule has 0 aliphatic carbocycles. The van der Waals surface area contributed by atoms with E-state index < -0.39 is 45.2 Å². The van der Waals surface area contributed by atoms with Gasteiger partial charge in [0.15, 0.2) is 11.4 Å². The lowest BCUT2D eigenvalue weighted by Gasteiger charge is -2.29. The van der Waals surface area contributed by atoms with Crippen LogP contribution in [0, 0.1) is 11.6 Å². The number of carbonyl (C=O) groups excluding carboxylic acids is 2. The van der Waals surface area contributed by atoms with E-state index in [1.165, 1.54) is 15.7 Å². The molecule has 0 fully saturated rings. The van der Waals surface area contributed by atoms with E-state index in [1.807, 2.05) is 0 Å². The van der Waals surface area contributed by atoms with Crippen molar-refractivity contribution >= 4 is 23.4 Å². The first-order chi connectivity index (χ1) is 13.3. The van der Waals surface area contributed by atoms with Gasteiger partial charge in [-0.2, -0.15) is 0 Å². The quantitative estimate of drug-likeness (QED) is 0.752. The number of aromatic nitrogens is 1.